The van der Waals surface area contributed by atoms with Crippen LogP contribution in [-0.4, -0.2) is 26.6 Å². The van der Waals surface area contributed by atoms with Crippen molar-refractivity contribution < 1.29 is 19.0 Å². The van der Waals surface area contributed by atoms with E-state index in [-0.39, 0.29) is 0 Å². The second-order valence-electron chi connectivity index (χ2n) is 1.02. The number of carbonyl (C=O) groups excluding carboxylic acids is 2. The lowest BCUT2D eigenvalue weighted by atomic mass is 10.6. The molecule has 0 aromatic heterocycles. The van der Waals surface area contributed by atoms with Gasteiger partial charge in [-0.1, -0.05) is 0 Å². The summed E-state index contributed by atoms with van der Waals surface area (Å²) in [6.07, 6.45) is 0. The van der Waals surface area contributed by atoms with Gasteiger partial charge in [-0.25, -0.2) is 9.59 Å². The largest absolute Gasteiger partial charge is 0.540 e. The second-order valence-corrected chi connectivity index (χ2v) is 2.09. The van der Waals surface area contributed by atoms with Gasteiger partial charge in [0, 0.05) is 0 Å². The molecule has 2 radical (unpaired) electrons. The highest BCUT2D eigenvalue weighted by Crippen LogP contribution is 2.15. The molecule has 0 aromatic carbocycles. The van der Waals surface area contributed by atoms with Crippen LogP contribution in [0.5, 0.6) is 0 Å². The van der Waals surface area contributed by atoms with E-state index in [1.54, 1.807) is 0 Å². The standard InChI is InChI=1S/C3H4BO4P/c1-7-2(5)9-3(6)8-4/h9H,1H3. The van der Waals surface area contributed by atoms with Gasteiger partial charge in [0.1, 0.15) is 8.58 Å². The Hall–Kier alpha value is -0.565. The van der Waals surface area contributed by atoms with Gasteiger partial charge in [-0.05, 0) is 0 Å². The monoisotopic (exact) mass is 146 g/mol. The highest BCUT2D eigenvalue weighted by molar-refractivity contribution is 7.72. The lowest BCUT2D eigenvalue weighted by molar-refractivity contribution is 0.198. The van der Waals surface area contributed by atoms with Crippen LogP contribution < -0.4 is 0 Å². The van der Waals surface area contributed by atoms with Crippen LogP contribution >= 0.6 is 8.58 Å². The Morgan fingerprint density at radius 2 is 2.00 bits per heavy atom. The molecule has 0 spiro atoms. The van der Waals surface area contributed by atoms with E-state index in [4.69, 9.17) is 0 Å². The molecule has 0 aliphatic rings. The predicted octanol–water partition coefficient (Wildman–Crippen LogP) is 0.651. The Morgan fingerprint density at radius 3 is 2.33 bits per heavy atom. The molecule has 0 rings (SSSR count). The summed E-state index contributed by atoms with van der Waals surface area (Å²) in [6.45, 7) is 0. The quantitative estimate of drug-likeness (QED) is 0.423. The zero-order valence-electron chi connectivity index (χ0n) is 4.71. The van der Waals surface area contributed by atoms with Gasteiger partial charge in [0.25, 0.3) is 0 Å². The summed E-state index contributed by atoms with van der Waals surface area (Å²) in [5.74, 6) is 0. The highest BCUT2D eigenvalue weighted by atomic mass is 31.1. The Labute approximate surface area is 55.1 Å². The lowest BCUT2D eigenvalue weighted by Crippen LogP contribution is -1.96. The topological polar surface area (TPSA) is 52.6 Å². The molecule has 0 fully saturated rings. The molecule has 0 N–H and O–H groups in total. The molecular weight excluding hydrogens is 142 g/mol. The average molecular weight is 146 g/mol. The van der Waals surface area contributed by atoms with Crippen LogP contribution in [0.3, 0.4) is 0 Å². The first-order chi connectivity index (χ1) is 4.20. The number of hydrogen-bond acceptors (Lipinski definition) is 4. The summed E-state index contributed by atoms with van der Waals surface area (Å²) < 4.78 is 7.83. The average Bonchev–Trinajstić information content (AvgIpc) is 1.87. The molecule has 48 valence electrons. The van der Waals surface area contributed by atoms with Crippen LogP contribution in [0.1, 0.15) is 0 Å². The third kappa shape index (κ3) is 3.97. The molecule has 0 heterocycles. The molecule has 6 heteroatoms. The molecule has 1 atom stereocenters. The first-order valence-corrected chi connectivity index (χ1v) is 2.96. The van der Waals surface area contributed by atoms with Gasteiger partial charge in [0.2, 0.25) is 0 Å². The van der Waals surface area contributed by atoms with Crippen molar-refractivity contribution in [2.24, 2.45) is 0 Å². The van der Waals surface area contributed by atoms with Crippen molar-refractivity contribution in [1.29, 1.82) is 0 Å². The van der Waals surface area contributed by atoms with Gasteiger partial charge in [0.05, 0.1) is 7.11 Å². The smallest absolute Gasteiger partial charge is 0.378 e. The number of methoxy groups -OCH3 is 1. The van der Waals surface area contributed by atoms with Crippen LogP contribution in [0.15, 0.2) is 0 Å². The van der Waals surface area contributed by atoms with Gasteiger partial charge >= 0.3 is 19.5 Å². The Morgan fingerprint density at radius 1 is 1.44 bits per heavy atom. The van der Waals surface area contributed by atoms with Crippen LogP contribution in [0.4, 0.5) is 9.59 Å². The minimum absolute atomic E-state index is 0.634. The highest BCUT2D eigenvalue weighted by Gasteiger charge is 2.07. The fraction of sp³-hybridized carbons (Fsp3) is 0.333. The van der Waals surface area contributed by atoms with Crippen LogP contribution in [-0.2, 0) is 9.39 Å². The Bertz CT molecular complexity index is 111. The van der Waals surface area contributed by atoms with Gasteiger partial charge in [0.15, 0.2) is 0 Å². The summed E-state index contributed by atoms with van der Waals surface area (Å²) in [5.41, 5.74) is -1.41. The maximum absolute atomic E-state index is 10.2. The van der Waals surface area contributed by atoms with Crippen molar-refractivity contribution in [3.8, 4) is 0 Å². The molecular formula is C3H4BO4P. The molecule has 0 amide bonds. The van der Waals surface area contributed by atoms with Crippen LogP contribution in [0, 0.1) is 0 Å². The summed E-state index contributed by atoms with van der Waals surface area (Å²) in [5, 5.41) is 0. The third-order valence-corrected chi connectivity index (χ3v) is 1.23. The zero-order valence-corrected chi connectivity index (χ0v) is 5.71. The van der Waals surface area contributed by atoms with E-state index in [1.165, 1.54) is 7.11 Å². The lowest BCUT2D eigenvalue weighted by Gasteiger charge is -1.95. The third-order valence-electron chi connectivity index (χ3n) is 0.497. The molecule has 1 unspecified atom stereocenters. The van der Waals surface area contributed by atoms with E-state index in [0.29, 0.717) is 0 Å². The van der Waals surface area contributed by atoms with Crippen molar-refractivity contribution in [2.45, 2.75) is 0 Å². The molecule has 0 aromatic rings. The van der Waals surface area contributed by atoms with E-state index in [2.05, 4.69) is 17.4 Å². The first kappa shape index (κ1) is 8.43. The van der Waals surface area contributed by atoms with Crippen LogP contribution in [0.2, 0.25) is 0 Å². The number of rotatable bonds is 2. The summed E-state index contributed by atoms with van der Waals surface area (Å²) in [6, 6.07) is 0. The van der Waals surface area contributed by atoms with Crippen molar-refractivity contribution >= 4 is 28.1 Å². The van der Waals surface area contributed by atoms with Crippen molar-refractivity contribution in [1.82, 2.24) is 0 Å². The molecule has 0 saturated carbocycles. The number of carbonyl (C=O) groups is 2. The fourth-order valence-electron chi connectivity index (χ4n) is 0.164. The minimum atomic E-state index is -0.776. The fourth-order valence-corrected chi connectivity index (χ4v) is 0.491. The summed E-state index contributed by atoms with van der Waals surface area (Å²) in [4.78, 5) is 20.4. The zero-order chi connectivity index (χ0) is 7.28. The SMILES string of the molecule is [B]OC(=O)PC(=O)OC. The molecule has 9 heavy (non-hydrogen) atoms. The minimum Gasteiger partial charge on any atom is -0.540 e. The predicted molar refractivity (Wildman–Crippen MR) is 33.0 cm³/mol. The van der Waals surface area contributed by atoms with Crippen molar-refractivity contribution in [3.63, 3.8) is 0 Å². The molecule has 0 aliphatic heterocycles. The molecule has 0 saturated heterocycles. The van der Waals surface area contributed by atoms with Gasteiger partial charge in [-0.2, -0.15) is 0 Å². The Kier molecular flexibility index (Phi) is 4.06. The van der Waals surface area contributed by atoms with Gasteiger partial charge in [-0.15, -0.1) is 0 Å². The Balaban J connectivity index is 3.47. The summed E-state index contributed by atoms with van der Waals surface area (Å²) in [7, 11) is 4.94. The van der Waals surface area contributed by atoms with Crippen molar-refractivity contribution in [2.75, 3.05) is 7.11 Å². The van der Waals surface area contributed by atoms with E-state index in [1.807, 2.05) is 0 Å². The maximum atomic E-state index is 10.2. The van der Waals surface area contributed by atoms with Gasteiger partial charge < -0.3 is 9.39 Å². The number of hydrogen-bond donors (Lipinski definition) is 0. The van der Waals surface area contributed by atoms with E-state index in [0.717, 1.165) is 0 Å². The van der Waals surface area contributed by atoms with Crippen LogP contribution in [0.25, 0.3) is 0 Å². The number of ether oxygens (including phenoxy) is 1. The molecule has 0 bridgehead atoms. The summed E-state index contributed by atoms with van der Waals surface area (Å²) >= 11 is 0. The van der Waals surface area contributed by atoms with Crippen molar-refractivity contribution in [3.05, 3.63) is 0 Å². The van der Waals surface area contributed by atoms with E-state index < -0.39 is 20.0 Å². The maximum Gasteiger partial charge on any atom is 0.378 e. The molecule has 4 nitrogen and oxygen atoms in total. The van der Waals surface area contributed by atoms with E-state index >= 15 is 0 Å². The first-order valence-electron chi connectivity index (χ1n) is 1.96. The second kappa shape index (κ2) is 4.33. The normalized spacial score (nSPS) is 9.44. The van der Waals surface area contributed by atoms with E-state index in [9.17, 15) is 9.59 Å². The molecule has 0 aliphatic carbocycles. The van der Waals surface area contributed by atoms with Gasteiger partial charge in [-0.3, -0.25) is 0 Å².